The Balaban J connectivity index is 1.57. The predicted molar refractivity (Wildman–Crippen MR) is 119 cm³/mol. The molecule has 7 heteroatoms. The normalized spacial score (nSPS) is 16.0. The summed E-state index contributed by atoms with van der Waals surface area (Å²) in [5.41, 5.74) is 2.80. The summed E-state index contributed by atoms with van der Waals surface area (Å²) >= 11 is 0. The number of hydrogen-bond donors (Lipinski definition) is 1. The first-order chi connectivity index (χ1) is 15.1. The minimum atomic E-state index is -3.71. The first-order valence-electron chi connectivity index (χ1n) is 10.3. The zero-order chi connectivity index (χ0) is 21.7. The molecule has 0 aliphatic carbocycles. The molecule has 0 radical (unpaired) electrons. The largest absolute Gasteiger partial charge is 0.497 e. The number of benzene rings is 2. The van der Waals surface area contributed by atoms with Crippen molar-refractivity contribution in [2.45, 2.75) is 23.8 Å². The van der Waals surface area contributed by atoms with E-state index < -0.39 is 10.0 Å². The van der Waals surface area contributed by atoms with Gasteiger partial charge in [-0.25, -0.2) is 13.1 Å². The maximum atomic E-state index is 13.2. The van der Waals surface area contributed by atoms with Crippen LogP contribution in [0.5, 0.6) is 5.75 Å². The van der Waals surface area contributed by atoms with Crippen LogP contribution in [0.1, 0.15) is 24.4 Å². The standard InChI is InChI=1S/C24H26N2O4S/c1-29-22-8-4-18(5-9-22)19-6-10-23(11-7-19)31(27,28)26-24(20-12-15-30-16-13-20)21-3-2-14-25-17-21/h2-11,14,17,20,24,26H,12-13,15-16H2,1H3. The molecule has 0 spiro atoms. The van der Waals surface area contributed by atoms with E-state index in [0.717, 1.165) is 35.3 Å². The van der Waals surface area contributed by atoms with Crippen molar-refractivity contribution in [2.24, 2.45) is 5.92 Å². The summed E-state index contributed by atoms with van der Waals surface area (Å²) in [6, 6.07) is 18.0. The highest BCUT2D eigenvalue weighted by Gasteiger charge is 2.30. The molecule has 162 valence electrons. The number of ether oxygens (including phenoxy) is 2. The second-order valence-electron chi connectivity index (χ2n) is 7.59. The molecule has 3 aromatic rings. The minimum Gasteiger partial charge on any atom is -0.497 e. The third-order valence-corrected chi connectivity index (χ3v) is 7.11. The van der Waals surface area contributed by atoms with Gasteiger partial charge in [0.25, 0.3) is 0 Å². The lowest BCUT2D eigenvalue weighted by molar-refractivity contribution is 0.0564. The van der Waals surface area contributed by atoms with E-state index in [2.05, 4.69) is 9.71 Å². The fourth-order valence-corrected chi connectivity index (χ4v) is 5.18. The topological polar surface area (TPSA) is 77.5 Å². The van der Waals surface area contributed by atoms with Crippen molar-refractivity contribution in [3.8, 4) is 16.9 Å². The molecule has 0 amide bonds. The summed E-state index contributed by atoms with van der Waals surface area (Å²) in [6.07, 6.45) is 5.03. The molecule has 6 nitrogen and oxygen atoms in total. The van der Waals surface area contributed by atoms with Crippen LogP contribution in [0.3, 0.4) is 0 Å². The summed E-state index contributed by atoms with van der Waals surface area (Å²) in [5.74, 6) is 0.938. The molecule has 1 aliphatic rings. The Morgan fingerprint density at radius 3 is 2.23 bits per heavy atom. The van der Waals surface area contributed by atoms with Crippen molar-refractivity contribution in [3.63, 3.8) is 0 Å². The molecule has 1 unspecified atom stereocenters. The summed E-state index contributed by atoms with van der Waals surface area (Å²) in [5, 5.41) is 0. The van der Waals surface area contributed by atoms with Crippen molar-refractivity contribution in [1.82, 2.24) is 9.71 Å². The average Bonchev–Trinajstić information content (AvgIpc) is 2.84. The van der Waals surface area contributed by atoms with Crippen LogP contribution in [0, 0.1) is 5.92 Å². The smallest absolute Gasteiger partial charge is 0.241 e. The Labute approximate surface area is 183 Å². The van der Waals surface area contributed by atoms with Gasteiger partial charge in [0.2, 0.25) is 10.0 Å². The van der Waals surface area contributed by atoms with Gasteiger partial charge in [-0.3, -0.25) is 4.98 Å². The first-order valence-corrected chi connectivity index (χ1v) is 11.8. The number of methoxy groups -OCH3 is 1. The van der Waals surface area contributed by atoms with Gasteiger partial charge < -0.3 is 9.47 Å². The van der Waals surface area contributed by atoms with E-state index in [4.69, 9.17) is 9.47 Å². The van der Waals surface area contributed by atoms with Crippen molar-refractivity contribution in [3.05, 3.63) is 78.6 Å². The van der Waals surface area contributed by atoms with Crippen LogP contribution < -0.4 is 9.46 Å². The van der Waals surface area contributed by atoms with Gasteiger partial charge in [-0.05, 0) is 65.8 Å². The molecule has 31 heavy (non-hydrogen) atoms. The predicted octanol–water partition coefficient (Wildman–Crippen LogP) is 4.20. The van der Waals surface area contributed by atoms with E-state index in [1.54, 1.807) is 31.6 Å². The maximum absolute atomic E-state index is 13.2. The molecule has 2 aromatic carbocycles. The van der Waals surface area contributed by atoms with E-state index in [1.807, 2.05) is 48.5 Å². The van der Waals surface area contributed by atoms with Crippen LogP contribution in [-0.4, -0.2) is 33.7 Å². The Morgan fingerprint density at radius 2 is 1.65 bits per heavy atom. The van der Waals surface area contributed by atoms with Crippen LogP contribution in [0.4, 0.5) is 0 Å². The van der Waals surface area contributed by atoms with Gasteiger partial charge >= 0.3 is 0 Å². The van der Waals surface area contributed by atoms with Crippen molar-refractivity contribution in [2.75, 3.05) is 20.3 Å². The number of sulfonamides is 1. The zero-order valence-corrected chi connectivity index (χ0v) is 18.2. The summed E-state index contributed by atoms with van der Waals surface area (Å²) < 4.78 is 40.0. The molecular formula is C24H26N2O4S. The Kier molecular flexibility index (Phi) is 6.65. The number of aromatic nitrogens is 1. The Bertz CT molecular complexity index is 1080. The number of hydrogen-bond acceptors (Lipinski definition) is 5. The number of rotatable bonds is 7. The van der Waals surface area contributed by atoms with Crippen molar-refractivity contribution in [1.29, 1.82) is 0 Å². The molecule has 1 fully saturated rings. The highest BCUT2D eigenvalue weighted by atomic mass is 32.2. The summed E-state index contributed by atoms with van der Waals surface area (Å²) in [4.78, 5) is 4.43. The Hall–Kier alpha value is -2.74. The SMILES string of the molecule is COc1ccc(-c2ccc(S(=O)(=O)NC(c3cccnc3)C3CCOCC3)cc2)cc1. The lowest BCUT2D eigenvalue weighted by atomic mass is 9.88. The van der Waals surface area contributed by atoms with Gasteiger partial charge in [0.05, 0.1) is 18.0 Å². The third-order valence-electron chi connectivity index (χ3n) is 5.65. The minimum absolute atomic E-state index is 0.159. The molecule has 1 aliphatic heterocycles. The monoisotopic (exact) mass is 438 g/mol. The van der Waals surface area contributed by atoms with Gasteiger partial charge in [-0.15, -0.1) is 0 Å². The second kappa shape index (κ2) is 9.60. The first kappa shape index (κ1) is 21.5. The number of nitrogens with zero attached hydrogens (tertiary/aromatic N) is 1. The van der Waals surface area contributed by atoms with E-state index in [9.17, 15) is 8.42 Å². The fraction of sp³-hybridized carbons (Fsp3) is 0.292. The van der Waals surface area contributed by atoms with Gasteiger partial charge in [0, 0.05) is 25.6 Å². The second-order valence-corrected chi connectivity index (χ2v) is 9.30. The van der Waals surface area contributed by atoms with Crippen molar-refractivity contribution >= 4 is 10.0 Å². The van der Waals surface area contributed by atoms with Gasteiger partial charge in [-0.2, -0.15) is 0 Å². The van der Waals surface area contributed by atoms with Crippen LogP contribution >= 0.6 is 0 Å². The van der Waals surface area contributed by atoms with E-state index >= 15 is 0 Å². The number of pyridine rings is 1. The molecule has 1 atom stereocenters. The third kappa shape index (κ3) is 5.12. The lowest BCUT2D eigenvalue weighted by Crippen LogP contribution is -2.36. The quantitative estimate of drug-likeness (QED) is 0.598. The van der Waals surface area contributed by atoms with E-state index in [-0.39, 0.29) is 16.9 Å². The fourth-order valence-electron chi connectivity index (χ4n) is 3.89. The van der Waals surface area contributed by atoms with Gasteiger partial charge in [-0.1, -0.05) is 30.3 Å². The molecular weight excluding hydrogens is 412 g/mol. The van der Waals surface area contributed by atoms with Crippen LogP contribution in [0.2, 0.25) is 0 Å². The van der Waals surface area contributed by atoms with Crippen LogP contribution in [0.25, 0.3) is 11.1 Å². The molecule has 1 saturated heterocycles. The Morgan fingerprint density at radius 1 is 1.00 bits per heavy atom. The molecule has 1 aromatic heterocycles. The lowest BCUT2D eigenvalue weighted by Gasteiger charge is -2.31. The molecule has 4 rings (SSSR count). The summed E-state index contributed by atoms with van der Waals surface area (Å²) in [7, 11) is -2.08. The van der Waals surface area contributed by atoms with Crippen LogP contribution in [-0.2, 0) is 14.8 Å². The molecule has 0 bridgehead atoms. The highest BCUT2D eigenvalue weighted by molar-refractivity contribution is 7.89. The van der Waals surface area contributed by atoms with Gasteiger partial charge in [0.1, 0.15) is 5.75 Å². The molecule has 2 heterocycles. The molecule has 0 saturated carbocycles. The van der Waals surface area contributed by atoms with Gasteiger partial charge in [0.15, 0.2) is 0 Å². The van der Waals surface area contributed by atoms with E-state index in [1.165, 1.54) is 0 Å². The summed E-state index contributed by atoms with van der Waals surface area (Å²) in [6.45, 7) is 1.28. The maximum Gasteiger partial charge on any atom is 0.241 e. The van der Waals surface area contributed by atoms with E-state index in [0.29, 0.717) is 13.2 Å². The highest BCUT2D eigenvalue weighted by Crippen LogP contribution is 2.32. The van der Waals surface area contributed by atoms with Crippen molar-refractivity contribution < 1.29 is 17.9 Å². The molecule has 1 N–H and O–H groups in total. The average molecular weight is 439 g/mol. The van der Waals surface area contributed by atoms with Crippen LogP contribution in [0.15, 0.2) is 78.0 Å². The number of nitrogens with one attached hydrogen (secondary N) is 1. The zero-order valence-electron chi connectivity index (χ0n) is 17.4.